The van der Waals surface area contributed by atoms with E-state index in [1.807, 2.05) is 60.5 Å². The fourth-order valence-electron chi connectivity index (χ4n) is 2.01. The Morgan fingerprint density at radius 2 is 1.71 bits per heavy atom. The minimum atomic E-state index is 0.0287. The molecule has 5 nitrogen and oxygen atoms in total. The Kier molecular flexibility index (Phi) is 3.47. The van der Waals surface area contributed by atoms with Gasteiger partial charge in [-0.3, -0.25) is 4.98 Å². The topological polar surface area (TPSA) is 62.1 Å². The van der Waals surface area contributed by atoms with Gasteiger partial charge in [0.1, 0.15) is 5.69 Å². The SMILES string of the molecule is CN(c1ccccc1)c1nc(-c2ccccn2)ncc1O. The second kappa shape index (κ2) is 5.58. The Morgan fingerprint density at radius 1 is 0.952 bits per heavy atom. The monoisotopic (exact) mass is 278 g/mol. The van der Waals surface area contributed by atoms with E-state index in [2.05, 4.69) is 15.0 Å². The van der Waals surface area contributed by atoms with E-state index in [1.165, 1.54) is 6.20 Å². The first-order chi connectivity index (χ1) is 10.3. The van der Waals surface area contributed by atoms with Gasteiger partial charge in [0.05, 0.1) is 6.20 Å². The maximum absolute atomic E-state index is 10.0. The number of hydrogen-bond donors (Lipinski definition) is 1. The van der Waals surface area contributed by atoms with Gasteiger partial charge >= 0.3 is 0 Å². The van der Waals surface area contributed by atoms with Crippen LogP contribution < -0.4 is 4.90 Å². The van der Waals surface area contributed by atoms with Crippen LogP contribution in [0.3, 0.4) is 0 Å². The zero-order valence-electron chi connectivity index (χ0n) is 11.5. The Bertz CT molecular complexity index is 732. The number of rotatable bonds is 3. The Balaban J connectivity index is 2.03. The Labute approximate surface area is 122 Å². The number of hydrogen-bond acceptors (Lipinski definition) is 5. The first kappa shape index (κ1) is 13.1. The summed E-state index contributed by atoms with van der Waals surface area (Å²) >= 11 is 0. The molecule has 21 heavy (non-hydrogen) atoms. The predicted molar refractivity (Wildman–Crippen MR) is 81.4 cm³/mol. The van der Waals surface area contributed by atoms with Gasteiger partial charge in [-0.2, -0.15) is 0 Å². The number of pyridine rings is 1. The van der Waals surface area contributed by atoms with Crippen molar-refractivity contribution >= 4 is 11.5 Å². The standard InChI is InChI=1S/C16H14N4O/c1-20(12-7-3-2-4-8-12)16-14(21)11-18-15(19-16)13-9-5-6-10-17-13/h2-11,21H,1H3. The molecule has 0 aliphatic carbocycles. The van der Waals surface area contributed by atoms with Gasteiger partial charge < -0.3 is 10.0 Å². The molecule has 0 saturated carbocycles. The summed E-state index contributed by atoms with van der Waals surface area (Å²) in [4.78, 5) is 14.6. The molecule has 1 aromatic carbocycles. The summed E-state index contributed by atoms with van der Waals surface area (Å²) in [7, 11) is 1.85. The summed E-state index contributed by atoms with van der Waals surface area (Å²) in [5, 5.41) is 10.0. The van der Waals surface area contributed by atoms with E-state index in [9.17, 15) is 5.11 Å². The van der Waals surface area contributed by atoms with Crippen LogP contribution in [0.2, 0.25) is 0 Å². The van der Waals surface area contributed by atoms with Gasteiger partial charge in [0.25, 0.3) is 0 Å². The Morgan fingerprint density at radius 3 is 2.43 bits per heavy atom. The van der Waals surface area contributed by atoms with Gasteiger partial charge in [-0.05, 0) is 24.3 Å². The van der Waals surface area contributed by atoms with Crippen LogP contribution in [0, 0.1) is 0 Å². The van der Waals surface area contributed by atoms with Crippen molar-refractivity contribution in [3.05, 3.63) is 60.9 Å². The molecule has 0 atom stereocenters. The maximum Gasteiger partial charge on any atom is 0.180 e. The van der Waals surface area contributed by atoms with E-state index in [0.29, 0.717) is 17.3 Å². The smallest absolute Gasteiger partial charge is 0.180 e. The normalized spacial score (nSPS) is 10.3. The molecule has 0 saturated heterocycles. The lowest BCUT2D eigenvalue weighted by Gasteiger charge is -2.19. The zero-order valence-corrected chi connectivity index (χ0v) is 11.5. The van der Waals surface area contributed by atoms with Gasteiger partial charge in [0.15, 0.2) is 17.4 Å². The third-order valence-corrected chi connectivity index (χ3v) is 3.11. The number of anilines is 2. The number of para-hydroxylation sites is 1. The number of aromatic nitrogens is 3. The van der Waals surface area contributed by atoms with Crippen LogP contribution in [0.15, 0.2) is 60.9 Å². The number of benzene rings is 1. The number of aromatic hydroxyl groups is 1. The number of nitrogens with zero attached hydrogens (tertiary/aromatic N) is 4. The minimum Gasteiger partial charge on any atom is -0.503 e. The van der Waals surface area contributed by atoms with E-state index < -0.39 is 0 Å². The summed E-state index contributed by atoms with van der Waals surface area (Å²) < 4.78 is 0. The van der Waals surface area contributed by atoms with Crippen LogP contribution in [0.1, 0.15) is 0 Å². The summed E-state index contributed by atoms with van der Waals surface area (Å²) in [6.45, 7) is 0. The van der Waals surface area contributed by atoms with Crippen LogP contribution >= 0.6 is 0 Å². The van der Waals surface area contributed by atoms with Crippen LogP contribution in [-0.4, -0.2) is 27.1 Å². The van der Waals surface area contributed by atoms with Crippen molar-refractivity contribution in [1.29, 1.82) is 0 Å². The molecule has 2 aromatic heterocycles. The van der Waals surface area contributed by atoms with Gasteiger partial charge in [-0.25, -0.2) is 9.97 Å². The molecular formula is C16H14N4O. The summed E-state index contributed by atoms with van der Waals surface area (Å²) in [6, 6.07) is 15.2. The molecule has 0 bridgehead atoms. The third kappa shape index (κ3) is 2.67. The van der Waals surface area contributed by atoms with E-state index in [1.54, 1.807) is 6.20 Å². The second-order valence-electron chi connectivity index (χ2n) is 4.51. The van der Waals surface area contributed by atoms with Crippen LogP contribution in [0.25, 0.3) is 11.5 Å². The molecule has 0 aliphatic heterocycles. The van der Waals surface area contributed by atoms with Crippen molar-refractivity contribution < 1.29 is 5.11 Å². The average Bonchev–Trinajstić information content (AvgIpc) is 2.56. The maximum atomic E-state index is 10.0. The van der Waals surface area contributed by atoms with Crippen LogP contribution in [0.4, 0.5) is 11.5 Å². The first-order valence-electron chi connectivity index (χ1n) is 6.52. The van der Waals surface area contributed by atoms with Gasteiger partial charge in [-0.15, -0.1) is 0 Å². The molecule has 0 radical (unpaired) electrons. The van der Waals surface area contributed by atoms with Crippen molar-refractivity contribution in [1.82, 2.24) is 15.0 Å². The van der Waals surface area contributed by atoms with Crippen LogP contribution in [0.5, 0.6) is 5.75 Å². The predicted octanol–water partition coefficient (Wildman–Crippen LogP) is 3.01. The average molecular weight is 278 g/mol. The molecular weight excluding hydrogens is 264 g/mol. The summed E-state index contributed by atoms with van der Waals surface area (Å²) in [5.41, 5.74) is 1.60. The molecule has 2 heterocycles. The minimum absolute atomic E-state index is 0.0287. The fraction of sp³-hybridized carbons (Fsp3) is 0.0625. The zero-order chi connectivity index (χ0) is 14.7. The van der Waals surface area contributed by atoms with E-state index >= 15 is 0 Å². The highest BCUT2D eigenvalue weighted by Crippen LogP contribution is 2.30. The summed E-state index contributed by atoms with van der Waals surface area (Å²) in [5.74, 6) is 0.948. The van der Waals surface area contributed by atoms with Crippen LogP contribution in [-0.2, 0) is 0 Å². The quantitative estimate of drug-likeness (QED) is 0.798. The first-order valence-corrected chi connectivity index (χ1v) is 6.52. The highest BCUT2D eigenvalue weighted by molar-refractivity contribution is 5.66. The lowest BCUT2D eigenvalue weighted by molar-refractivity contribution is 0.471. The lowest BCUT2D eigenvalue weighted by Crippen LogP contribution is -2.12. The van der Waals surface area contributed by atoms with Crippen molar-refractivity contribution in [3.8, 4) is 17.3 Å². The molecule has 3 rings (SSSR count). The largest absolute Gasteiger partial charge is 0.503 e. The van der Waals surface area contributed by atoms with Crippen molar-refractivity contribution in [2.75, 3.05) is 11.9 Å². The molecule has 1 N–H and O–H groups in total. The Hall–Kier alpha value is -2.95. The second-order valence-corrected chi connectivity index (χ2v) is 4.51. The fourth-order valence-corrected chi connectivity index (χ4v) is 2.01. The van der Waals surface area contributed by atoms with E-state index in [0.717, 1.165) is 5.69 Å². The van der Waals surface area contributed by atoms with Gasteiger partial charge in [0, 0.05) is 18.9 Å². The molecule has 104 valence electrons. The molecule has 0 aliphatic rings. The van der Waals surface area contributed by atoms with E-state index in [-0.39, 0.29) is 5.75 Å². The molecule has 0 spiro atoms. The highest BCUT2D eigenvalue weighted by Gasteiger charge is 2.13. The van der Waals surface area contributed by atoms with Gasteiger partial charge in [-0.1, -0.05) is 24.3 Å². The van der Waals surface area contributed by atoms with Crippen molar-refractivity contribution in [2.24, 2.45) is 0 Å². The summed E-state index contributed by atoms with van der Waals surface area (Å²) in [6.07, 6.45) is 3.08. The molecule has 0 amide bonds. The van der Waals surface area contributed by atoms with Crippen molar-refractivity contribution in [3.63, 3.8) is 0 Å². The third-order valence-electron chi connectivity index (χ3n) is 3.11. The lowest BCUT2D eigenvalue weighted by atomic mass is 10.3. The van der Waals surface area contributed by atoms with E-state index in [4.69, 9.17) is 0 Å². The van der Waals surface area contributed by atoms with Crippen molar-refractivity contribution in [2.45, 2.75) is 0 Å². The highest BCUT2D eigenvalue weighted by atomic mass is 16.3. The molecule has 0 fully saturated rings. The molecule has 3 aromatic rings. The molecule has 0 unspecified atom stereocenters. The van der Waals surface area contributed by atoms with Gasteiger partial charge in [0.2, 0.25) is 0 Å². The molecule has 5 heteroatoms.